The third-order valence-electron chi connectivity index (χ3n) is 5.98. The van der Waals surface area contributed by atoms with E-state index in [1.165, 1.54) is 23.8 Å². The number of esters is 1. The molecule has 3 aromatic rings. The molecule has 1 N–H and O–H groups in total. The van der Waals surface area contributed by atoms with Crippen molar-refractivity contribution >= 4 is 11.9 Å². The zero-order valence-corrected chi connectivity index (χ0v) is 18.6. The number of benzene rings is 2. The molecular weight excluding hydrogens is 404 g/mol. The molecule has 7 nitrogen and oxygen atoms in total. The monoisotopic (exact) mass is 432 g/mol. The lowest BCUT2D eigenvalue weighted by Crippen LogP contribution is -2.38. The molecule has 2 atom stereocenters. The second-order valence-corrected chi connectivity index (χ2v) is 8.27. The van der Waals surface area contributed by atoms with Crippen LogP contribution in [0.25, 0.3) is 5.69 Å². The van der Waals surface area contributed by atoms with Crippen molar-refractivity contribution in [3.05, 3.63) is 83.2 Å². The van der Waals surface area contributed by atoms with Gasteiger partial charge in [-0.15, -0.1) is 0 Å². The van der Waals surface area contributed by atoms with E-state index in [1.54, 1.807) is 23.1 Å². The van der Waals surface area contributed by atoms with E-state index in [1.807, 2.05) is 24.3 Å². The Bertz CT molecular complexity index is 1110. The van der Waals surface area contributed by atoms with Crippen LogP contribution in [-0.2, 0) is 16.1 Å². The van der Waals surface area contributed by atoms with Crippen molar-refractivity contribution in [3.63, 3.8) is 0 Å². The SMILES string of the molecule is COC(=O)[C@@H]1C[C@@H](NC(=O)c2ccccc2-n2cccn2)CN1Cc1ccc(C)cc1C. The highest BCUT2D eigenvalue weighted by Gasteiger charge is 2.38. The fraction of sp³-hybridized carbons (Fsp3) is 0.320. The predicted octanol–water partition coefficient (Wildman–Crippen LogP) is 3.04. The minimum Gasteiger partial charge on any atom is -0.468 e. The number of amides is 1. The molecule has 32 heavy (non-hydrogen) atoms. The number of hydrogen-bond donors (Lipinski definition) is 1. The summed E-state index contributed by atoms with van der Waals surface area (Å²) in [5, 5.41) is 7.36. The Labute approximate surface area is 188 Å². The van der Waals surface area contributed by atoms with Gasteiger partial charge in [-0.25, -0.2) is 4.68 Å². The molecule has 0 bridgehead atoms. The fourth-order valence-electron chi connectivity index (χ4n) is 4.35. The number of carbonyl (C=O) groups is 2. The third-order valence-corrected chi connectivity index (χ3v) is 5.98. The van der Waals surface area contributed by atoms with E-state index in [9.17, 15) is 9.59 Å². The molecule has 1 aliphatic rings. The van der Waals surface area contributed by atoms with Gasteiger partial charge in [-0.3, -0.25) is 14.5 Å². The average Bonchev–Trinajstić information content (AvgIpc) is 3.45. The number of aromatic nitrogens is 2. The zero-order valence-electron chi connectivity index (χ0n) is 18.6. The van der Waals surface area contributed by atoms with Crippen molar-refractivity contribution in [2.75, 3.05) is 13.7 Å². The summed E-state index contributed by atoms with van der Waals surface area (Å²) < 4.78 is 6.73. The molecule has 0 spiro atoms. The molecule has 0 radical (unpaired) electrons. The van der Waals surface area contributed by atoms with Crippen molar-refractivity contribution < 1.29 is 14.3 Å². The van der Waals surface area contributed by atoms with Gasteiger partial charge in [0.25, 0.3) is 5.91 Å². The number of ether oxygens (including phenoxy) is 1. The van der Waals surface area contributed by atoms with Crippen molar-refractivity contribution in [3.8, 4) is 5.69 Å². The quantitative estimate of drug-likeness (QED) is 0.606. The number of methoxy groups -OCH3 is 1. The maximum absolute atomic E-state index is 13.1. The van der Waals surface area contributed by atoms with Crippen LogP contribution in [0.1, 0.15) is 33.5 Å². The minimum atomic E-state index is -0.396. The van der Waals surface area contributed by atoms with Crippen LogP contribution in [0.4, 0.5) is 0 Å². The van der Waals surface area contributed by atoms with Gasteiger partial charge in [0.1, 0.15) is 6.04 Å². The molecule has 0 saturated carbocycles. The van der Waals surface area contributed by atoms with Gasteiger partial charge in [-0.1, -0.05) is 35.9 Å². The molecule has 2 heterocycles. The summed E-state index contributed by atoms with van der Waals surface area (Å²) in [5.41, 5.74) is 4.82. The first-order valence-electron chi connectivity index (χ1n) is 10.7. The Morgan fingerprint density at radius 2 is 1.97 bits per heavy atom. The van der Waals surface area contributed by atoms with Crippen LogP contribution < -0.4 is 5.32 Å². The fourth-order valence-corrected chi connectivity index (χ4v) is 4.35. The second-order valence-electron chi connectivity index (χ2n) is 8.27. The molecule has 7 heteroatoms. The van der Waals surface area contributed by atoms with Crippen molar-refractivity contribution in [1.82, 2.24) is 20.0 Å². The van der Waals surface area contributed by atoms with Gasteiger partial charge in [-0.05, 0) is 49.6 Å². The molecule has 166 valence electrons. The molecule has 0 aliphatic carbocycles. The van der Waals surface area contributed by atoms with Crippen LogP contribution in [-0.4, -0.2) is 52.3 Å². The van der Waals surface area contributed by atoms with Gasteiger partial charge in [0, 0.05) is 31.5 Å². The minimum absolute atomic E-state index is 0.164. The summed E-state index contributed by atoms with van der Waals surface area (Å²) in [4.78, 5) is 27.7. The van der Waals surface area contributed by atoms with Gasteiger partial charge in [-0.2, -0.15) is 5.10 Å². The summed E-state index contributed by atoms with van der Waals surface area (Å²) in [6.07, 6.45) is 3.99. The highest BCUT2D eigenvalue weighted by molar-refractivity contribution is 5.98. The number of hydrogen-bond acceptors (Lipinski definition) is 5. The number of aryl methyl sites for hydroxylation is 2. The van der Waals surface area contributed by atoms with E-state index >= 15 is 0 Å². The van der Waals surface area contributed by atoms with Crippen molar-refractivity contribution in [2.24, 2.45) is 0 Å². The summed E-state index contributed by atoms with van der Waals surface area (Å²) in [5.74, 6) is -0.457. The van der Waals surface area contributed by atoms with E-state index in [4.69, 9.17) is 4.74 Å². The number of rotatable bonds is 6. The van der Waals surface area contributed by atoms with Crippen LogP contribution >= 0.6 is 0 Å². The molecule has 0 unspecified atom stereocenters. The Hall–Kier alpha value is -3.45. The van der Waals surface area contributed by atoms with E-state index < -0.39 is 6.04 Å². The van der Waals surface area contributed by atoms with Crippen LogP contribution in [0.5, 0.6) is 0 Å². The van der Waals surface area contributed by atoms with E-state index in [0.717, 1.165) is 0 Å². The summed E-state index contributed by atoms with van der Waals surface area (Å²) in [7, 11) is 1.41. The summed E-state index contributed by atoms with van der Waals surface area (Å²) >= 11 is 0. The first kappa shape index (κ1) is 21.8. The first-order chi connectivity index (χ1) is 15.5. The van der Waals surface area contributed by atoms with Crippen LogP contribution in [0.3, 0.4) is 0 Å². The van der Waals surface area contributed by atoms with Crippen molar-refractivity contribution in [2.45, 2.75) is 38.9 Å². The summed E-state index contributed by atoms with van der Waals surface area (Å²) in [6.45, 7) is 5.35. The Morgan fingerprint density at radius 3 is 2.69 bits per heavy atom. The molecule has 1 aliphatic heterocycles. The molecule has 1 amide bonds. The Morgan fingerprint density at radius 1 is 1.16 bits per heavy atom. The predicted molar refractivity (Wildman–Crippen MR) is 122 cm³/mol. The van der Waals surface area contributed by atoms with Crippen LogP contribution in [0.15, 0.2) is 60.9 Å². The lowest BCUT2D eigenvalue weighted by molar-refractivity contribution is -0.146. The Balaban J connectivity index is 1.51. The normalized spacial score (nSPS) is 18.5. The molecule has 4 rings (SSSR count). The van der Waals surface area contributed by atoms with Gasteiger partial charge < -0.3 is 10.1 Å². The van der Waals surface area contributed by atoms with E-state index in [0.29, 0.717) is 30.8 Å². The maximum atomic E-state index is 13.1. The largest absolute Gasteiger partial charge is 0.468 e. The van der Waals surface area contributed by atoms with E-state index in [2.05, 4.69) is 47.4 Å². The molecular formula is C25H28N4O3. The molecule has 2 aromatic carbocycles. The number of carbonyl (C=O) groups excluding carboxylic acids is 2. The van der Waals surface area contributed by atoms with Gasteiger partial charge in [0.05, 0.1) is 18.4 Å². The highest BCUT2D eigenvalue weighted by Crippen LogP contribution is 2.24. The molecule has 1 saturated heterocycles. The maximum Gasteiger partial charge on any atom is 0.323 e. The molecule has 1 aromatic heterocycles. The van der Waals surface area contributed by atoms with Gasteiger partial charge in [0.15, 0.2) is 0 Å². The van der Waals surface area contributed by atoms with E-state index in [-0.39, 0.29) is 17.9 Å². The number of nitrogens with one attached hydrogen (secondary N) is 1. The standard InChI is InChI=1S/C25H28N4O3/c1-17-9-10-19(18(2)13-17)15-28-16-20(14-23(28)25(31)32-3)27-24(30)21-7-4-5-8-22(21)29-12-6-11-26-29/h4-13,20,23H,14-16H2,1-3H3,(H,27,30)/t20-,23+/m1/s1. The topological polar surface area (TPSA) is 76.5 Å². The smallest absolute Gasteiger partial charge is 0.323 e. The first-order valence-corrected chi connectivity index (χ1v) is 10.7. The Kier molecular flexibility index (Phi) is 6.37. The van der Waals surface area contributed by atoms with Gasteiger partial charge >= 0.3 is 5.97 Å². The highest BCUT2D eigenvalue weighted by atomic mass is 16.5. The van der Waals surface area contributed by atoms with Crippen LogP contribution in [0.2, 0.25) is 0 Å². The van der Waals surface area contributed by atoms with Gasteiger partial charge in [0.2, 0.25) is 0 Å². The van der Waals surface area contributed by atoms with Crippen LogP contribution in [0, 0.1) is 13.8 Å². The lowest BCUT2D eigenvalue weighted by Gasteiger charge is -2.23. The van der Waals surface area contributed by atoms with Crippen molar-refractivity contribution in [1.29, 1.82) is 0 Å². The average molecular weight is 433 g/mol. The number of likely N-dealkylation sites (tertiary alicyclic amines) is 1. The third kappa shape index (κ3) is 4.57. The second kappa shape index (κ2) is 9.36. The number of para-hydroxylation sites is 1. The molecule has 1 fully saturated rings. The summed E-state index contributed by atoms with van der Waals surface area (Å²) in [6, 6.07) is 14.9. The number of nitrogens with zero attached hydrogens (tertiary/aromatic N) is 3. The lowest BCUT2D eigenvalue weighted by atomic mass is 10.0. The zero-order chi connectivity index (χ0) is 22.7.